The lowest BCUT2D eigenvalue weighted by Crippen LogP contribution is -2.24. The first kappa shape index (κ1) is 18.2. The van der Waals surface area contributed by atoms with E-state index in [-0.39, 0.29) is 19.1 Å². The highest BCUT2D eigenvalue weighted by Gasteiger charge is 2.14. The Labute approximate surface area is 157 Å². The number of amides is 1. The summed E-state index contributed by atoms with van der Waals surface area (Å²) >= 11 is 0. The summed E-state index contributed by atoms with van der Waals surface area (Å²) in [5, 5.41) is 3.59. The number of azide groups is 1. The molecule has 0 spiro atoms. The molecule has 0 aliphatic carbocycles. The van der Waals surface area contributed by atoms with Crippen LogP contribution in [0.2, 0.25) is 0 Å². The average Bonchev–Trinajstić information content (AvgIpc) is 2.73. The fourth-order valence-corrected chi connectivity index (χ4v) is 2.67. The van der Waals surface area contributed by atoms with Gasteiger partial charge in [-0.2, -0.15) is 0 Å². The minimum absolute atomic E-state index is 0.225. The van der Waals surface area contributed by atoms with E-state index in [0.717, 1.165) is 22.3 Å². The van der Waals surface area contributed by atoms with Crippen molar-refractivity contribution in [2.75, 3.05) is 0 Å². The molecular formula is C21H18N4O2. The number of hydrogen-bond acceptors (Lipinski definition) is 3. The maximum absolute atomic E-state index is 12.6. The van der Waals surface area contributed by atoms with Crippen molar-refractivity contribution < 1.29 is 9.63 Å². The van der Waals surface area contributed by atoms with E-state index in [1.54, 1.807) is 12.1 Å². The Balaban J connectivity index is 1.80. The van der Waals surface area contributed by atoms with Crippen LogP contribution in [0.5, 0.6) is 0 Å². The third-order valence-corrected chi connectivity index (χ3v) is 3.98. The van der Waals surface area contributed by atoms with Crippen LogP contribution >= 0.6 is 0 Å². The Hall–Kier alpha value is -3.60. The molecule has 0 aliphatic rings. The van der Waals surface area contributed by atoms with Gasteiger partial charge in [0.2, 0.25) is 0 Å². The molecule has 1 amide bonds. The molecule has 0 saturated heterocycles. The molecule has 0 radical (unpaired) electrons. The van der Waals surface area contributed by atoms with E-state index in [2.05, 4.69) is 15.5 Å². The molecule has 27 heavy (non-hydrogen) atoms. The van der Waals surface area contributed by atoms with Gasteiger partial charge in [0.15, 0.2) is 0 Å². The number of nitrogens with one attached hydrogen (secondary N) is 1. The zero-order valence-electron chi connectivity index (χ0n) is 14.6. The highest BCUT2D eigenvalue weighted by Crippen LogP contribution is 2.25. The third-order valence-electron chi connectivity index (χ3n) is 3.98. The number of carbonyl (C=O) groups excluding carboxylic acids is 1. The van der Waals surface area contributed by atoms with E-state index >= 15 is 0 Å². The van der Waals surface area contributed by atoms with Crippen molar-refractivity contribution in [3.05, 3.63) is 106 Å². The van der Waals surface area contributed by atoms with Gasteiger partial charge in [0.25, 0.3) is 5.91 Å². The van der Waals surface area contributed by atoms with Gasteiger partial charge in [-0.1, -0.05) is 77.9 Å². The van der Waals surface area contributed by atoms with Gasteiger partial charge >= 0.3 is 0 Å². The monoisotopic (exact) mass is 358 g/mol. The SMILES string of the molecule is [N-]=[N+]=NCc1ccc(C(=O)NOCc2ccccc2)c(-c2ccccc2)c1. The summed E-state index contributed by atoms with van der Waals surface area (Å²) in [5.41, 5.74) is 14.9. The lowest BCUT2D eigenvalue weighted by molar-refractivity contribution is 0.0234. The predicted octanol–water partition coefficient (Wildman–Crippen LogP) is 5.03. The Bertz CT molecular complexity index is 952. The summed E-state index contributed by atoms with van der Waals surface area (Å²) < 4.78 is 0. The minimum atomic E-state index is -0.333. The van der Waals surface area contributed by atoms with Crippen LogP contribution in [0.25, 0.3) is 21.6 Å². The van der Waals surface area contributed by atoms with E-state index in [0.29, 0.717) is 5.56 Å². The summed E-state index contributed by atoms with van der Waals surface area (Å²) in [6.45, 7) is 0.505. The molecule has 0 aliphatic heterocycles. The standard InChI is InChI=1S/C21H18N4O2/c22-25-23-14-17-11-12-19(20(13-17)18-9-5-2-6-10-18)21(26)24-27-15-16-7-3-1-4-8-16/h1-13H,14-15H2,(H,24,26). The molecule has 6 nitrogen and oxygen atoms in total. The molecule has 0 aromatic heterocycles. The van der Waals surface area contributed by atoms with Gasteiger partial charge in [0, 0.05) is 10.5 Å². The molecule has 0 heterocycles. The molecule has 0 bridgehead atoms. The topological polar surface area (TPSA) is 87.1 Å². The van der Waals surface area contributed by atoms with E-state index in [9.17, 15) is 4.79 Å². The normalized spacial score (nSPS) is 10.1. The number of hydroxylamine groups is 1. The first-order chi connectivity index (χ1) is 13.3. The quantitative estimate of drug-likeness (QED) is 0.278. The molecule has 3 aromatic rings. The number of benzene rings is 3. The lowest BCUT2D eigenvalue weighted by atomic mass is 9.97. The van der Waals surface area contributed by atoms with E-state index in [1.807, 2.05) is 66.7 Å². The summed E-state index contributed by atoms with van der Waals surface area (Å²) in [4.78, 5) is 20.8. The van der Waals surface area contributed by atoms with E-state index in [4.69, 9.17) is 10.4 Å². The van der Waals surface area contributed by atoms with Crippen molar-refractivity contribution >= 4 is 5.91 Å². The molecule has 134 valence electrons. The summed E-state index contributed by atoms with van der Waals surface area (Å²) in [6.07, 6.45) is 0. The minimum Gasteiger partial charge on any atom is -0.269 e. The second kappa shape index (κ2) is 9.20. The fraction of sp³-hybridized carbons (Fsp3) is 0.0952. The van der Waals surface area contributed by atoms with Crippen molar-refractivity contribution in [2.24, 2.45) is 5.11 Å². The molecule has 0 unspecified atom stereocenters. The van der Waals surface area contributed by atoms with Crippen molar-refractivity contribution in [3.8, 4) is 11.1 Å². The largest absolute Gasteiger partial charge is 0.275 e. The van der Waals surface area contributed by atoms with Crippen molar-refractivity contribution in [1.82, 2.24) is 5.48 Å². The van der Waals surface area contributed by atoms with Gasteiger partial charge in [-0.3, -0.25) is 9.63 Å². The summed E-state index contributed by atoms with van der Waals surface area (Å²) in [7, 11) is 0. The van der Waals surface area contributed by atoms with Crippen LogP contribution in [0, 0.1) is 0 Å². The van der Waals surface area contributed by atoms with Crippen LogP contribution in [0.3, 0.4) is 0 Å². The zero-order chi connectivity index (χ0) is 18.9. The molecule has 1 N–H and O–H groups in total. The smallest absolute Gasteiger partial charge is 0.269 e. The second-order valence-corrected chi connectivity index (χ2v) is 5.84. The van der Waals surface area contributed by atoms with Crippen molar-refractivity contribution in [2.45, 2.75) is 13.2 Å². The molecule has 6 heteroatoms. The van der Waals surface area contributed by atoms with Crippen LogP contribution in [0.15, 0.2) is 84.0 Å². The van der Waals surface area contributed by atoms with Gasteiger partial charge in [0.1, 0.15) is 0 Å². The van der Waals surface area contributed by atoms with Crippen molar-refractivity contribution in [1.29, 1.82) is 0 Å². The Morgan fingerprint density at radius 1 is 0.963 bits per heavy atom. The number of hydrogen-bond donors (Lipinski definition) is 1. The number of rotatable bonds is 7. The van der Waals surface area contributed by atoms with Crippen LogP contribution < -0.4 is 5.48 Å². The lowest BCUT2D eigenvalue weighted by Gasteiger charge is -2.12. The summed E-state index contributed by atoms with van der Waals surface area (Å²) in [6, 6.07) is 24.5. The maximum atomic E-state index is 12.6. The fourth-order valence-electron chi connectivity index (χ4n) is 2.67. The van der Waals surface area contributed by atoms with Crippen LogP contribution in [-0.2, 0) is 18.0 Å². The van der Waals surface area contributed by atoms with Crippen LogP contribution in [0.4, 0.5) is 0 Å². The molecule has 0 saturated carbocycles. The third kappa shape index (κ3) is 4.95. The highest BCUT2D eigenvalue weighted by atomic mass is 16.6. The van der Waals surface area contributed by atoms with Crippen LogP contribution in [0.1, 0.15) is 21.5 Å². The Kier molecular flexibility index (Phi) is 6.20. The van der Waals surface area contributed by atoms with E-state index < -0.39 is 0 Å². The molecular weight excluding hydrogens is 340 g/mol. The molecule has 0 fully saturated rings. The Morgan fingerprint density at radius 3 is 2.37 bits per heavy atom. The molecule has 3 rings (SSSR count). The van der Waals surface area contributed by atoms with Gasteiger partial charge in [-0.25, -0.2) is 5.48 Å². The number of nitrogens with zero attached hydrogens (tertiary/aromatic N) is 3. The first-order valence-corrected chi connectivity index (χ1v) is 8.43. The average molecular weight is 358 g/mol. The van der Waals surface area contributed by atoms with Gasteiger partial charge in [0.05, 0.1) is 13.2 Å². The highest BCUT2D eigenvalue weighted by molar-refractivity contribution is 6.00. The molecule has 0 atom stereocenters. The number of carbonyl (C=O) groups is 1. The second-order valence-electron chi connectivity index (χ2n) is 5.84. The summed E-state index contributed by atoms with van der Waals surface area (Å²) in [5.74, 6) is -0.333. The van der Waals surface area contributed by atoms with Crippen LogP contribution in [-0.4, -0.2) is 5.91 Å². The zero-order valence-corrected chi connectivity index (χ0v) is 14.6. The van der Waals surface area contributed by atoms with Gasteiger partial charge in [-0.05, 0) is 33.9 Å². The maximum Gasteiger partial charge on any atom is 0.275 e. The van der Waals surface area contributed by atoms with Crippen molar-refractivity contribution in [3.63, 3.8) is 0 Å². The van der Waals surface area contributed by atoms with Gasteiger partial charge < -0.3 is 0 Å². The first-order valence-electron chi connectivity index (χ1n) is 8.43. The predicted molar refractivity (Wildman–Crippen MR) is 103 cm³/mol. The molecule has 3 aromatic carbocycles. The van der Waals surface area contributed by atoms with Gasteiger partial charge in [-0.15, -0.1) is 0 Å². The Morgan fingerprint density at radius 2 is 1.67 bits per heavy atom. The van der Waals surface area contributed by atoms with E-state index in [1.165, 1.54) is 0 Å².